The van der Waals surface area contributed by atoms with Gasteiger partial charge in [-0.3, -0.25) is 4.79 Å². The van der Waals surface area contributed by atoms with Crippen molar-refractivity contribution in [2.45, 2.75) is 6.92 Å². The van der Waals surface area contributed by atoms with Crippen molar-refractivity contribution >= 4 is 17.5 Å². The average molecular weight is 259 g/mol. The SMILES string of the molecule is CCN(CC#N)C(=O)c1ccc(F)c(Cl)c1F. The van der Waals surface area contributed by atoms with Crippen LogP contribution in [0.15, 0.2) is 12.1 Å². The first kappa shape index (κ1) is 13.4. The normalized spacial score (nSPS) is 9.82. The number of amides is 1. The van der Waals surface area contributed by atoms with Crippen LogP contribution in [0.5, 0.6) is 0 Å². The predicted molar refractivity (Wildman–Crippen MR) is 58.6 cm³/mol. The Bertz CT molecular complexity index is 485. The minimum Gasteiger partial charge on any atom is -0.326 e. The summed E-state index contributed by atoms with van der Waals surface area (Å²) in [7, 11) is 0. The molecule has 0 aliphatic carbocycles. The molecule has 1 rings (SSSR count). The van der Waals surface area contributed by atoms with Crippen molar-refractivity contribution in [2.75, 3.05) is 13.1 Å². The molecule has 0 radical (unpaired) electrons. The summed E-state index contributed by atoms with van der Waals surface area (Å²) in [5, 5.41) is 7.79. The lowest BCUT2D eigenvalue weighted by Crippen LogP contribution is -2.31. The van der Waals surface area contributed by atoms with Crippen molar-refractivity contribution in [3.63, 3.8) is 0 Å². The third kappa shape index (κ3) is 2.71. The summed E-state index contributed by atoms with van der Waals surface area (Å²) >= 11 is 5.37. The van der Waals surface area contributed by atoms with Crippen molar-refractivity contribution in [3.8, 4) is 6.07 Å². The summed E-state index contributed by atoms with van der Waals surface area (Å²) in [6, 6.07) is 3.72. The number of carbonyl (C=O) groups excluding carboxylic acids is 1. The fraction of sp³-hybridized carbons (Fsp3) is 0.273. The van der Waals surface area contributed by atoms with Crippen LogP contribution in [0.1, 0.15) is 17.3 Å². The maximum Gasteiger partial charge on any atom is 0.257 e. The Kier molecular flexibility index (Phi) is 4.41. The van der Waals surface area contributed by atoms with Crippen LogP contribution in [0, 0.1) is 23.0 Å². The van der Waals surface area contributed by atoms with Gasteiger partial charge in [0.05, 0.1) is 11.6 Å². The quantitative estimate of drug-likeness (QED) is 0.618. The Balaban J connectivity index is 3.13. The highest BCUT2D eigenvalue weighted by Crippen LogP contribution is 2.22. The molecule has 0 saturated carbocycles. The van der Waals surface area contributed by atoms with E-state index in [1.54, 1.807) is 13.0 Å². The number of halogens is 3. The van der Waals surface area contributed by atoms with Crippen molar-refractivity contribution in [2.24, 2.45) is 0 Å². The van der Waals surface area contributed by atoms with E-state index in [-0.39, 0.29) is 18.7 Å². The minimum absolute atomic E-state index is 0.163. The van der Waals surface area contributed by atoms with Crippen molar-refractivity contribution in [3.05, 3.63) is 34.4 Å². The van der Waals surface area contributed by atoms with Crippen molar-refractivity contribution in [1.29, 1.82) is 5.26 Å². The van der Waals surface area contributed by atoms with Crippen molar-refractivity contribution < 1.29 is 13.6 Å². The molecule has 1 aromatic carbocycles. The lowest BCUT2D eigenvalue weighted by molar-refractivity contribution is 0.0779. The highest BCUT2D eigenvalue weighted by Gasteiger charge is 2.21. The zero-order chi connectivity index (χ0) is 13.0. The van der Waals surface area contributed by atoms with E-state index in [4.69, 9.17) is 16.9 Å². The summed E-state index contributed by atoms with van der Waals surface area (Å²) in [6.45, 7) is 1.74. The Morgan fingerprint density at radius 3 is 2.71 bits per heavy atom. The number of rotatable bonds is 3. The lowest BCUT2D eigenvalue weighted by Gasteiger charge is -2.17. The molecule has 0 aliphatic heterocycles. The summed E-state index contributed by atoms with van der Waals surface area (Å²) in [4.78, 5) is 12.9. The minimum atomic E-state index is -1.10. The Morgan fingerprint density at radius 1 is 1.53 bits per heavy atom. The topological polar surface area (TPSA) is 44.1 Å². The molecule has 0 saturated heterocycles. The van der Waals surface area contributed by atoms with Gasteiger partial charge in [-0.05, 0) is 19.1 Å². The van der Waals surface area contributed by atoms with E-state index in [1.807, 2.05) is 0 Å². The molecule has 90 valence electrons. The van der Waals surface area contributed by atoms with E-state index in [2.05, 4.69) is 0 Å². The van der Waals surface area contributed by atoms with Gasteiger partial charge in [-0.25, -0.2) is 8.78 Å². The second-order valence-corrected chi connectivity index (χ2v) is 3.58. The zero-order valence-electron chi connectivity index (χ0n) is 9.01. The average Bonchev–Trinajstić information content (AvgIpc) is 2.32. The molecule has 17 heavy (non-hydrogen) atoms. The van der Waals surface area contributed by atoms with Gasteiger partial charge in [0.15, 0.2) is 5.82 Å². The van der Waals surface area contributed by atoms with Crippen LogP contribution in [0.2, 0.25) is 5.02 Å². The third-order valence-electron chi connectivity index (χ3n) is 2.20. The lowest BCUT2D eigenvalue weighted by atomic mass is 10.1. The van der Waals surface area contributed by atoms with Gasteiger partial charge in [-0.2, -0.15) is 5.26 Å². The molecule has 0 N–H and O–H groups in total. The Hall–Kier alpha value is -1.67. The van der Waals surface area contributed by atoms with E-state index < -0.39 is 22.6 Å². The molecule has 1 amide bonds. The molecule has 0 fully saturated rings. The van der Waals surface area contributed by atoms with Crippen LogP contribution in [0.25, 0.3) is 0 Å². The Labute approximate surface area is 102 Å². The molecule has 0 bridgehead atoms. The molecule has 0 unspecified atom stereocenters. The number of hydrogen-bond acceptors (Lipinski definition) is 2. The van der Waals surface area contributed by atoms with Crippen LogP contribution in [0.3, 0.4) is 0 Å². The van der Waals surface area contributed by atoms with Gasteiger partial charge in [0.1, 0.15) is 17.4 Å². The van der Waals surface area contributed by atoms with Gasteiger partial charge in [-0.1, -0.05) is 11.6 Å². The molecule has 0 aliphatic rings. The molecular formula is C11H9ClF2N2O. The second kappa shape index (κ2) is 5.60. The highest BCUT2D eigenvalue weighted by atomic mass is 35.5. The fourth-order valence-corrected chi connectivity index (χ4v) is 1.44. The first-order chi connectivity index (χ1) is 8.02. The summed E-state index contributed by atoms with van der Waals surface area (Å²) in [5.41, 5.74) is -0.339. The van der Waals surface area contributed by atoms with Crippen LogP contribution < -0.4 is 0 Å². The number of hydrogen-bond donors (Lipinski definition) is 0. The highest BCUT2D eigenvalue weighted by molar-refractivity contribution is 6.31. The molecule has 0 aromatic heterocycles. The molecular weight excluding hydrogens is 250 g/mol. The van der Waals surface area contributed by atoms with E-state index >= 15 is 0 Å². The van der Waals surface area contributed by atoms with Crippen LogP contribution in [-0.2, 0) is 0 Å². The zero-order valence-corrected chi connectivity index (χ0v) is 9.76. The molecule has 1 aromatic rings. The monoisotopic (exact) mass is 258 g/mol. The standard InChI is InChI=1S/C11H9ClF2N2O/c1-2-16(6-5-15)11(17)7-3-4-8(13)9(12)10(7)14/h3-4H,2,6H2,1H3. The van der Waals surface area contributed by atoms with Gasteiger partial charge in [0.25, 0.3) is 5.91 Å². The molecule has 0 spiro atoms. The molecule has 3 nitrogen and oxygen atoms in total. The predicted octanol–water partition coefficient (Wildman–Crippen LogP) is 2.60. The van der Waals surface area contributed by atoms with Crippen LogP contribution in [-0.4, -0.2) is 23.9 Å². The maximum absolute atomic E-state index is 13.5. The smallest absolute Gasteiger partial charge is 0.257 e. The van der Waals surface area contributed by atoms with Crippen molar-refractivity contribution in [1.82, 2.24) is 4.90 Å². The van der Waals surface area contributed by atoms with Gasteiger partial charge in [-0.15, -0.1) is 0 Å². The third-order valence-corrected chi connectivity index (χ3v) is 2.54. The number of benzene rings is 1. The van der Waals surface area contributed by atoms with Gasteiger partial charge in [0.2, 0.25) is 0 Å². The van der Waals surface area contributed by atoms with E-state index in [1.165, 1.54) is 0 Å². The first-order valence-electron chi connectivity index (χ1n) is 4.82. The summed E-state index contributed by atoms with van der Waals surface area (Å²) < 4.78 is 26.5. The largest absolute Gasteiger partial charge is 0.326 e. The number of carbonyl (C=O) groups is 1. The summed E-state index contributed by atoms with van der Waals surface area (Å²) in [6.07, 6.45) is 0. The van der Waals surface area contributed by atoms with E-state index in [9.17, 15) is 13.6 Å². The van der Waals surface area contributed by atoms with Gasteiger partial charge >= 0.3 is 0 Å². The van der Waals surface area contributed by atoms with Gasteiger partial charge < -0.3 is 4.90 Å². The molecule has 0 heterocycles. The Morgan fingerprint density at radius 2 is 2.18 bits per heavy atom. The summed E-state index contributed by atoms with van der Waals surface area (Å²) in [5.74, 6) is -2.72. The van der Waals surface area contributed by atoms with Crippen LogP contribution in [0.4, 0.5) is 8.78 Å². The van der Waals surface area contributed by atoms with E-state index in [0.717, 1.165) is 17.0 Å². The van der Waals surface area contributed by atoms with E-state index in [0.29, 0.717) is 0 Å². The molecule has 0 atom stereocenters. The van der Waals surface area contributed by atoms with Gasteiger partial charge in [0, 0.05) is 6.54 Å². The molecule has 6 heteroatoms. The first-order valence-corrected chi connectivity index (χ1v) is 5.20. The maximum atomic E-state index is 13.5. The second-order valence-electron chi connectivity index (χ2n) is 3.20. The number of nitrogens with zero attached hydrogens (tertiary/aromatic N) is 2. The van der Waals surface area contributed by atoms with Crippen LogP contribution >= 0.6 is 11.6 Å². The fourth-order valence-electron chi connectivity index (χ4n) is 1.27. The number of nitriles is 1.